The maximum atomic E-state index is 12.6. The maximum absolute atomic E-state index is 12.6. The second-order valence-electron chi connectivity index (χ2n) is 7.60. The zero-order valence-corrected chi connectivity index (χ0v) is 21.4. The van der Waals surface area contributed by atoms with Crippen molar-refractivity contribution in [2.45, 2.75) is 0 Å². The van der Waals surface area contributed by atoms with Crippen molar-refractivity contribution in [2.24, 2.45) is 0 Å². The first kappa shape index (κ1) is 23.3. The van der Waals surface area contributed by atoms with Crippen LogP contribution in [0.1, 0.15) is 10.4 Å². The molecule has 174 valence electrons. The fraction of sp³-hybridized carbons (Fsp3) is 0.0385. The summed E-state index contributed by atoms with van der Waals surface area (Å²) in [6.07, 6.45) is 0. The molecule has 1 aromatic heterocycles. The highest BCUT2D eigenvalue weighted by Crippen LogP contribution is 2.34. The van der Waals surface area contributed by atoms with Crippen molar-refractivity contribution in [3.8, 4) is 17.2 Å². The first-order valence-corrected chi connectivity index (χ1v) is 12.0. The first-order valence-electron chi connectivity index (χ1n) is 10.5. The molecule has 0 aliphatic rings. The molecule has 0 saturated carbocycles. The minimum absolute atomic E-state index is 0.161. The van der Waals surface area contributed by atoms with Gasteiger partial charge >= 0.3 is 0 Å². The first-order chi connectivity index (χ1) is 16.9. The fourth-order valence-electron chi connectivity index (χ4n) is 3.72. The number of nitrogens with zero attached hydrogens (tertiary/aromatic N) is 1. The van der Waals surface area contributed by atoms with E-state index < -0.39 is 0 Å². The van der Waals surface area contributed by atoms with E-state index in [2.05, 4.69) is 31.5 Å². The van der Waals surface area contributed by atoms with Gasteiger partial charge in [0.15, 0.2) is 10.7 Å². The van der Waals surface area contributed by atoms with Gasteiger partial charge < -0.3 is 14.5 Å². The molecule has 1 amide bonds. The number of rotatable bonds is 4. The Kier molecular flexibility index (Phi) is 6.42. The summed E-state index contributed by atoms with van der Waals surface area (Å²) >= 11 is 15.1. The molecular weight excluding hydrogens is 550 g/mol. The number of amides is 1. The van der Waals surface area contributed by atoms with Gasteiger partial charge in [-0.3, -0.25) is 10.1 Å². The van der Waals surface area contributed by atoms with Gasteiger partial charge in [0, 0.05) is 27.2 Å². The van der Waals surface area contributed by atoms with Crippen molar-refractivity contribution in [3.63, 3.8) is 0 Å². The second-order valence-corrected chi connectivity index (χ2v) is 9.27. The average molecular weight is 567 g/mol. The largest absolute Gasteiger partial charge is 0.496 e. The Morgan fingerprint density at radius 3 is 2.66 bits per heavy atom. The molecule has 5 rings (SSSR count). The number of anilines is 1. The highest BCUT2D eigenvalue weighted by Gasteiger charge is 2.14. The number of benzene rings is 4. The lowest BCUT2D eigenvalue weighted by Crippen LogP contribution is -2.34. The molecular formula is C26H17BrClN3O3S. The molecule has 35 heavy (non-hydrogen) atoms. The second kappa shape index (κ2) is 9.65. The van der Waals surface area contributed by atoms with Gasteiger partial charge in [-0.05, 0) is 82.1 Å². The molecule has 4 aromatic carbocycles. The Balaban J connectivity index is 1.35. The molecule has 0 aliphatic carbocycles. The summed E-state index contributed by atoms with van der Waals surface area (Å²) in [6, 6.07) is 22.0. The third kappa shape index (κ3) is 4.73. The van der Waals surface area contributed by atoms with Crippen molar-refractivity contribution in [2.75, 3.05) is 12.4 Å². The van der Waals surface area contributed by atoms with Gasteiger partial charge in [0.1, 0.15) is 11.3 Å². The fourth-order valence-corrected chi connectivity index (χ4v) is 4.71. The van der Waals surface area contributed by atoms with Crippen molar-refractivity contribution < 1.29 is 13.9 Å². The number of hydrogen-bond acceptors (Lipinski definition) is 5. The topological polar surface area (TPSA) is 76.4 Å². The van der Waals surface area contributed by atoms with Gasteiger partial charge in [-0.25, -0.2) is 4.98 Å². The van der Waals surface area contributed by atoms with E-state index in [1.807, 2.05) is 42.5 Å². The standard InChI is InChI=1S/C26H17BrClN3O3S/c1-33-22-10-8-14(12-19(22)27)24(32)31-26(35)29-15-9-11-23-21(13-15)30-25(34-23)18-6-2-5-17-16(18)4-3-7-20(17)28/h2-13H,1H3,(H2,29,31,32,35). The molecule has 0 fully saturated rings. The lowest BCUT2D eigenvalue weighted by molar-refractivity contribution is 0.0977. The molecule has 0 aliphatic heterocycles. The van der Waals surface area contributed by atoms with Crippen LogP contribution in [0, 0.1) is 0 Å². The Hall–Kier alpha value is -3.46. The third-order valence-electron chi connectivity index (χ3n) is 5.39. The summed E-state index contributed by atoms with van der Waals surface area (Å²) in [5.41, 5.74) is 3.23. The quantitative estimate of drug-likeness (QED) is 0.224. The van der Waals surface area contributed by atoms with E-state index in [1.54, 1.807) is 37.4 Å². The molecule has 2 N–H and O–H groups in total. The molecule has 0 bridgehead atoms. The van der Waals surface area contributed by atoms with Crippen LogP contribution in [-0.2, 0) is 0 Å². The van der Waals surface area contributed by atoms with Gasteiger partial charge in [-0.2, -0.15) is 0 Å². The average Bonchev–Trinajstić information content (AvgIpc) is 3.27. The number of halogens is 2. The van der Waals surface area contributed by atoms with Gasteiger partial charge in [-0.15, -0.1) is 0 Å². The van der Waals surface area contributed by atoms with E-state index in [0.717, 1.165) is 16.3 Å². The molecule has 0 atom stereocenters. The predicted molar refractivity (Wildman–Crippen MR) is 146 cm³/mol. The van der Waals surface area contributed by atoms with Crippen LogP contribution in [0.4, 0.5) is 5.69 Å². The Morgan fingerprint density at radius 1 is 1.06 bits per heavy atom. The minimum atomic E-state index is -0.342. The van der Waals surface area contributed by atoms with Crippen LogP contribution >= 0.6 is 39.7 Å². The molecule has 0 unspecified atom stereocenters. The number of ether oxygens (including phenoxy) is 1. The third-order valence-corrected chi connectivity index (χ3v) is 6.54. The monoisotopic (exact) mass is 565 g/mol. The molecule has 6 nitrogen and oxygen atoms in total. The summed E-state index contributed by atoms with van der Waals surface area (Å²) < 4.78 is 11.9. The van der Waals surface area contributed by atoms with Gasteiger partial charge in [0.2, 0.25) is 5.89 Å². The predicted octanol–water partition coefficient (Wildman–Crippen LogP) is 7.20. The van der Waals surface area contributed by atoms with E-state index in [9.17, 15) is 4.79 Å². The molecule has 5 aromatic rings. The van der Waals surface area contributed by atoms with Crippen LogP contribution in [0.5, 0.6) is 5.75 Å². The molecule has 0 spiro atoms. The van der Waals surface area contributed by atoms with Gasteiger partial charge in [0.05, 0.1) is 11.6 Å². The van der Waals surface area contributed by atoms with Crippen LogP contribution in [0.2, 0.25) is 5.02 Å². The van der Waals surface area contributed by atoms with Crippen molar-refractivity contribution in [1.82, 2.24) is 10.3 Å². The van der Waals surface area contributed by atoms with Crippen molar-refractivity contribution in [3.05, 3.63) is 87.9 Å². The SMILES string of the molecule is COc1ccc(C(=O)NC(=S)Nc2ccc3oc(-c4cccc5c(Cl)cccc45)nc3c2)cc1Br. The van der Waals surface area contributed by atoms with E-state index in [1.165, 1.54) is 0 Å². The van der Waals surface area contributed by atoms with Crippen LogP contribution < -0.4 is 15.4 Å². The maximum Gasteiger partial charge on any atom is 0.257 e. The number of oxazole rings is 1. The van der Waals surface area contributed by atoms with E-state index in [0.29, 0.717) is 43.5 Å². The van der Waals surface area contributed by atoms with Gasteiger partial charge in [-0.1, -0.05) is 35.9 Å². The number of thiocarbonyl (C=S) groups is 1. The minimum Gasteiger partial charge on any atom is -0.496 e. The van der Waals surface area contributed by atoms with E-state index in [4.69, 9.17) is 33.0 Å². The summed E-state index contributed by atoms with van der Waals surface area (Å²) in [5, 5.41) is 8.42. The summed E-state index contributed by atoms with van der Waals surface area (Å²) in [4.78, 5) is 17.2. The molecule has 0 radical (unpaired) electrons. The summed E-state index contributed by atoms with van der Waals surface area (Å²) in [5.74, 6) is 0.783. The Morgan fingerprint density at radius 2 is 1.86 bits per heavy atom. The number of carbonyl (C=O) groups is 1. The lowest BCUT2D eigenvalue weighted by Gasteiger charge is -2.10. The normalized spacial score (nSPS) is 10.9. The highest BCUT2D eigenvalue weighted by atomic mass is 79.9. The number of hydrogen-bond donors (Lipinski definition) is 2. The number of carbonyl (C=O) groups excluding carboxylic acids is 1. The van der Waals surface area contributed by atoms with Crippen LogP contribution in [0.15, 0.2) is 81.7 Å². The Bertz CT molecular complexity index is 1620. The number of methoxy groups -OCH3 is 1. The smallest absolute Gasteiger partial charge is 0.257 e. The number of aromatic nitrogens is 1. The highest BCUT2D eigenvalue weighted by molar-refractivity contribution is 9.10. The zero-order valence-electron chi connectivity index (χ0n) is 18.3. The van der Waals surface area contributed by atoms with E-state index >= 15 is 0 Å². The Labute approximate surface area is 219 Å². The lowest BCUT2D eigenvalue weighted by atomic mass is 10.0. The van der Waals surface area contributed by atoms with Crippen LogP contribution in [-0.4, -0.2) is 23.1 Å². The number of nitrogens with one attached hydrogen (secondary N) is 2. The van der Waals surface area contributed by atoms with Crippen molar-refractivity contribution in [1.29, 1.82) is 0 Å². The molecule has 1 heterocycles. The summed E-state index contributed by atoms with van der Waals surface area (Å²) in [7, 11) is 1.56. The molecule has 9 heteroatoms. The van der Waals surface area contributed by atoms with Crippen LogP contribution in [0.3, 0.4) is 0 Å². The van der Waals surface area contributed by atoms with E-state index in [-0.39, 0.29) is 11.0 Å². The molecule has 0 saturated heterocycles. The summed E-state index contributed by atoms with van der Waals surface area (Å²) in [6.45, 7) is 0. The van der Waals surface area contributed by atoms with Crippen molar-refractivity contribution >= 4 is 78.3 Å². The zero-order chi connectivity index (χ0) is 24.5. The van der Waals surface area contributed by atoms with Gasteiger partial charge in [0.25, 0.3) is 5.91 Å². The van der Waals surface area contributed by atoms with Crippen LogP contribution in [0.25, 0.3) is 33.3 Å². The number of fused-ring (bicyclic) bond motifs is 2.